The Morgan fingerprint density at radius 3 is 2.57 bits per heavy atom. The first kappa shape index (κ1) is 25.2. The molecule has 0 saturated heterocycles. The minimum absolute atomic E-state index is 0.192. The molecule has 0 radical (unpaired) electrons. The Balaban J connectivity index is 1.28. The number of aliphatic carboxylic acids is 1. The summed E-state index contributed by atoms with van der Waals surface area (Å²) in [6, 6.07) is 12.3. The number of carboxylic acids is 1. The molecule has 3 aromatic rings. The highest BCUT2D eigenvalue weighted by atomic mass is 32.2. The summed E-state index contributed by atoms with van der Waals surface area (Å²) >= 11 is 2.90. The zero-order valence-corrected chi connectivity index (χ0v) is 21.2. The van der Waals surface area contributed by atoms with E-state index in [9.17, 15) is 9.59 Å². The molecular weight excluding hydrogens is 484 g/mol. The molecular formula is C26H28N2O5S2. The fraction of sp³-hybridized carbons (Fsp3) is 0.385. The SMILES string of the molecule is CCCCCCCC(=O)Oc1ccc(COc2ccc3nc(C4=N[C@@H](C(=O)O)CS4)sc3c2)cc1. The van der Waals surface area contributed by atoms with Crippen LogP contribution < -0.4 is 9.47 Å². The average molecular weight is 513 g/mol. The van der Waals surface area contributed by atoms with Crippen molar-refractivity contribution >= 4 is 50.3 Å². The van der Waals surface area contributed by atoms with Crippen LogP contribution in [0.25, 0.3) is 10.2 Å². The van der Waals surface area contributed by atoms with Crippen molar-refractivity contribution in [1.82, 2.24) is 4.98 Å². The molecule has 0 bridgehead atoms. The molecule has 4 rings (SSSR count). The maximum absolute atomic E-state index is 12.0. The van der Waals surface area contributed by atoms with Gasteiger partial charge in [-0.15, -0.1) is 23.1 Å². The largest absolute Gasteiger partial charge is 0.489 e. The zero-order valence-electron chi connectivity index (χ0n) is 19.6. The number of carbonyl (C=O) groups is 2. The fourth-order valence-electron chi connectivity index (χ4n) is 3.58. The van der Waals surface area contributed by atoms with E-state index >= 15 is 0 Å². The van der Waals surface area contributed by atoms with Gasteiger partial charge in [-0.05, 0) is 42.3 Å². The number of ether oxygens (including phenoxy) is 2. The second-order valence-corrected chi connectivity index (χ2v) is 10.4. The quantitative estimate of drug-likeness (QED) is 0.178. The van der Waals surface area contributed by atoms with Gasteiger partial charge in [0.2, 0.25) is 0 Å². The molecule has 0 spiro atoms. The standard InChI is InChI=1S/C26H28N2O5S2/c1-2-3-4-5-6-7-23(29)33-18-10-8-17(9-11-18)15-32-19-12-13-20-22(14-19)35-25(27-20)24-28-21(16-34-24)26(30)31/h8-14,21H,2-7,15-16H2,1H3,(H,30,31)/t21-/m1/s1. The third-order valence-electron chi connectivity index (χ3n) is 5.52. The number of carboxylic acid groups (broad SMARTS) is 1. The van der Waals surface area contributed by atoms with Crippen LogP contribution in [0, 0.1) is 0 Å². The van der Waals surface area contributed by atoms with Crippen LogP contribution in [0.2, 0.25) is 0 Å². The van der Waals surface area contributed by atoms with E-state index in [1.54, 1.807) is 12.1 Å². The van der Waals surface area contributed by atoms with Crippen LogP contribution >= 0.6 is 23.1 Å². The summed E-state index contributed by atoms with van der Waals surface area (Å²) in [6.07, 6.45) is 5.94. The van der Waals surface area contributed by atoms with Gasteiger partial charge in [0.1, 0.15) is 28.2 Å². The first-order valence-electron chi connectivity index (χ1n) is 11.8. The fourth-order valence-corrected chi connectivity index (χ4v) is 5.67. The molecule has 1 aromatic heterocycles. The van der Waals surface area contributed by atoms with Gasteiger partial charge in [-0.3, -0.25) is 9.79 Å². The molecule has 1 atom stereocenters. The molecule has 2 heterocycles. The predicted molar refractivity (Wildman–Crippen MR) is 140 cm³/mol. The van der Waals surface area contributed by atoms with Gasteiger partial charge >= 0.3 is 11.9 Å². The average Bonchev–Trinajstić information content (AvgIpc) is 3.51. The Hall–Kier alpha value is -2.91. The van der Waals surface area contributed by atoms with Gasteiger partial charge in [0.25, 0.3) is 0 Å². The lowest BCUT2D eigenvalue weighted by Gasteiger charge is -2.08. The van der Waals surface area contributed by atoms with Crippen molar-refractivity contribution in [2.24, 2.45) is 4.99 Å². The molecule has 1 N–H and O–H groups in total. The maximum atomic E-state index is 12.0. The van der Waals surface area contributed by atoms with E-state index < -0.39 is 12.0 Å². The lowest BCUT2D eigenvalue weighted by molar-refractivity contribution is -0.138. The number of unbranched alkanes of at least 4 members (excludes halogenated alkanes) is 4. The number of fused-ring (bicyclic) bond motifs is 1. The van der Waals surface area contributed by atoms with E-state index in [-0.39, 0.29) is 5.97 Å². The van der Waals surface area contributed by atoms with E-state index in [0.29, 0.717) is 29.6 Å². The number of benzene rings is 2. The summed E-state index contributed by atoms with van der Waals surface area (Å²) in [5.41, 5.74) is 1.79. The third kappa shape index (κ3) is 7.05. The lowest BCUT2D eigenvalue weighted by atomic mass is 10.1. The van der Waals surface area contributed by atoms with Crippen LogP contribution in [0.1, 0.15) is 56.0 Å². The maximum Gasteiger partial charge on any atom is 0.329 e. The van der Waals surface area contributed by atoms with Crippen molar-refractivity contribution in [1.29, 1.82) is 0 Å². The smallest absolute Gasteiger partial charge is 0.329 e. The molecule has 0 amide bonds. The van der Waals surface area contributed by atoms with Gasteiger partial charge in [0, 0.05) is 12.2 Å². The molecule has 0 aliphatic carbocycles. The Labute approximate surface area is 212 Å². The zero-order chi connectivity index (χ0) is 24.6. The number of thioether (sulfide) groups is 1. The first-order chi connectivity index (χ1) is 17.0. The van der Waals surface area contributed by atoms with E-state index in [0.717, 1.165) is 45.8 Å². The summed E-state index contributed by atoms with van der Waals surface area (Å²) in [5, 5.41) is 10.6. The summed E-state index contributed by atoms with van der Waals surface area (Å²) in [6.45, 7) is 2.55. The Morgan fingerprint density at radius 2 is 1.83 bits per heavy atom. The Bertz CT molecular complexity index is 1210. The van der Waals surface area contributed by atoms with Gasteiger partial charge in [-0.25, -0.2) is 9.78 Å². The Kier molecular flexibility index (Phi) is 8.76. The van der Waals surface area contributed by atoms with Crippen molar-refractivity contribution in [3.8, 4) is 11.5 Å². The number of aromatic nitrogens is 1. The molecule has 9 heteroatoms. The normalized spacial score (nSPS) is 15.2. The van der Waals surface area contributed by atoms with E-state index in [4.69, 9.17) is 14.6 Å². The van der Waals surface area contributed by atoms with Crippen molar-refractivity contribution < 1.29 is 24.2 Å². The van der Waals surface area contributed by atoms with Gasteiger partial charge in [-0.1, -0.05) is 44.7 Å². The predicted octanol–water partition coefficient (Wildman–Crippen LogP) is 6.09. The molecule has 0 unspecified atom stereocenters. The molecule has 0 saturated carbocycles. The van der Waals surface area contributed by atoms with E-state index in [2.05, 4.69) is 16.9 Å². The topological polar surface area (TPSA) is 98.1 Å². The van der Waals surface area contributed by atoms with Crippen molar-refractivity contribution in [3.63, 3.8) is 0 Å². The number of carbonyl (C=O) groups excluding carboxylic acids is 1. The van der Waals surface area contributed by atoms with Crippen LogP contribution in [-0.4, -0.2) is 38.9 Å². The molecule has 35 heavy (non-hydrogen) atoms. The Morgan fingerprint density at radius 1 is 1.06 bits per heavy atom. The number of aliphatic imine (C=N–C) groups is 1. The number of hydrogen-bond acceptors (Lipinski definition) is 8. The highest BCUT2D eigenvalue weighted by molar-refractivity contribution is 8.15. The minimum atomic E-state index is -0.909. The monoisotopic (exact) mass is 512 g/mol. The number of nitrogens with zero attached hydrogens (tertiary/aromatic N) is 2. The third-order valence-corrected chi connectivity index (χ3v) is 7.73. The molecule has 0 fully saturated rings. The molecule has 7 nitrogen and oxygen atoms in total. The number of hydrogen-bond donors (Lipinski definition) is 1. The van der Waals surface area contributed by atoms with E-state index in [1.807, 2.05) is 30.3 Å². The highest BCUT2D eigenvalue weighted by Crippen LogP contribution is 2.32. The minimum Gasteiger partial charge on any atom is -0.489 e. The highest BCUT2D eigenvalue weighted by Gasteiger charge is 2.26. The van der Waals surface area contributed by atoms with Gasteiger partial charge in [0.05, 0.1) is 10.2 Å². The van der Waals surface area contributed by atoms with E-state index in [1.165, 1.54) is 35.9 Å². The van der Waals surface area contributed by atoms with Crippen molar-refractivity contribution in [2.45, 2.75) is 58.1 Å². The second-order valence-electron chi connectivity index (χ2n) is 8.32. The lowest BCUT2D eigenvalue weighted by Crippen LogP contribution is -2.17. The summed E-state index contributed by atoms with van der Waals surface area (Å²) in [7, 11) is 0. The van der Waals surface area contributed by atoms with Crippen LogP contribution in [-0.2, 0) is 16.2 Å². The summed E-state index contributed by atoms with van der Waals surface area (Å²) in [5.74, 6) is 0.599. The van der Waals surface area contributed by atoms with Gasteiger partial charge < -0.3 is 14.6 Å². The molecule has 2 aromatic carbocycles. The summed E-state index contributed by atoms with van der Waals surface area (Å²) in [4.78, 5) is 32.0. The second kappa shape index (κ2) is 12.2. The van der Waals surface area contributed by atoms with Crippen LogP contribution in [0.4, 0.5) is 0 Å². The molecule has 1 aliphatic heterocycles. The summed E-state index contributed by atoms with van der Waals surface area (Å²) < 4.78 is 12.3. The van der Waals surface area contributed by atoms with Crippen molar-refractivity contribution in [2.75, 3.05) is 5.75 Å². The van der Waals surface area contributed by atoms with Crippen LogP contribution in [0.3, 0.4) is 0 Å². The van der Waals surface area contributed by atoms with Crippen LogP contribution in [0.15, 0.2) is 47.5 Å². The van der Waals surface area contributed by atoms with Gasteiger partial charge in [0.15, 0.2) is 6.04 Å². The first-order valence-corrected chi connectivity index (χ1v) is 13.6. The van der Waals surface area contributed by atoms with Crippen molar-refractivity contribution in [3.05, 3.63) is 53.0 Å². The number of thiazole rings is 1. The molecule has 1 aliphatic rings. The number of esters is 1. The molecule has 184 valence electrons. The van der Waals surface area contributed by atoms with Crippen LogP contribution in [0.5, 0.6) is 11.5 Å². The number of rotatable bonds is 12. The van der Waals surface area contributed by atoms with Gasteiger partial charge in [-0.2, -0.15) is 0 Å².